The smallest absolute Gasteiger partial charge is 0.320 e. The summed E-state index contributed by atoms with van der Waals surface area (Å²) in [6.07, 6.45) is 0. The molecule has 0 radical (unpaired) electrons. The topological polar surface area (TPSA) is 63.3 Å². The van der Waals surface area contributed by atoms with Gasteiger partial charge in [0.2, 0.25) is 0 Å². The highest BCUT2D eigenvalue weighted by Crippen LogP contribution is 2.12. The number of rotatable bonds is 4. The average molecular weight is 193 g/mol. The molecule has 1 atom stereocenters. The maximum absolute atomic E-state index is 10.4. The average Bonchev–Trinajstić information content (AvgIpc) is 1.87. The molecule has 0 amide bonds. The number of aliphatic carboxylic acids is 1. The third-order valence-electron chi connectivity index (χ3n) is 1.52. The Morgan fingerprint density at radius 2 is 2.18 bits per heavy atom. The van der Waals surface area contributed by atoms with E-state index in [0.717, 1.165) is 5.38 Å². The van der Waals surface area contributed by atoms with Crippen molar-refractivity contribution in [2.75, 3.05) is 5.38 Å². The highest BCUT2D eigenvalue weighted by atomic mass is 32.1. The van der Waals surface area contributed by atoms with Gasteiger partial charge in [0.1, 0.15) is 6.04 Å². The lowest BCUT2D eigenvalue weighted by Crippen LogP contribution is -2.41. The highest BCUT2D eigenvalue weighted by molar-refractivity contribution is 7.82. The number of hydrogen-bond acceptors (Lipinski definition) is 3. The maximum atomic E-state index is 10.4. The van der Waals surface area contributed by atoms with Gasteiger partial charge in [0.15, 0.2) is 0 Å². The van der Waals surface area contributed by atoms with Crippen LogP contribution < -0.4 is 5.73 Å². The molecule has 0 aliphatic heterocycles. The number of carbonyl (C=O) groups is 1. The van der Waals surface area contributed by atoms with Crippen molar-refractivity contribution in [3.8, 4) is 0 Å². The summed E-state index contributed by atoms with van der Waals surface area (Å²) >= 11 is 4.16. The Bertz CT molecular complexity index is 152. The van der Waals surface area contributed by atoms with Crippen molar-refractivity contribution in [1.82, 2.24) is 0 Å². The molecule has 3 nitrogen and oxygen atoms in total. The molecule has 0 aromatic carbocycles. The quantitative estimate of drug-likeness (QED) is 0.452. The summed E-state index contributed by atoms with van der Waals surface area (Å²) in [4.78, 5) is 10.4. The lowest BCUT2D eigenvalue weighted by Gasteiger charge is -2.21. The Labute approximate surface area is 73.4 Å². The zero-order valence-electron chi connectivity index (χ0n) is 6.87. The van der Waals surface area contributed by atoms with Crippen LogP contribution in [0.1, 0.15) is 0 Å². The molecule has 0 unspecified atom stereocenters. The SMILES string of the molecule is C[Si](C)(CS)C[C@@H](N)C(=O)O. The molecule has 0 bridgehead atoms. The third-order valence-corrected chi connectivity index (χ3v) is 6.49. The Balaban J connectivity index is 3.93. The van der Waals surface area contributed by atoms with Crippen LogP contribution in [0.15, 0.2) is 0 Å². The van der Waals surface area contributed by atoms with Crippen molar-refractivity contribution in [2.45, 2.75) is 25.2 Å². The zero-order chi connectivity index (χ0) is 9.07. The van der Waals surface area contributed by atoms with E-state index in [1.807, 2.05) is 0 Å². The highest BCUT2D eigenvalue weighted by Gasteiger charge is 2.25. The first-order valence-corrected chi connectivity index (χ1v) is 7.53. The van der Waals surface area contributed by atoms with Crippen molar-refractivity contribution in [2.24, 2.45) is 5.73 Å². The molecule has 0 saturated carbocycles. The van der Waals surface area contributed by atoms with Crippen LogP contribution in [0, 0.1) is 0 Å². The summed E-state index contributed by atoms with van der Waals surface area (Å²) in [5.41, 5.74) is 5.38. The predicted molar refractivity (Wildman–Crippen MR) is 51.8 cm³/mol. The number of carboxylic acid groups (broad SMARTS) is 1. The molecule has 11 heavy (non-hydrogen) atoms. The molecule has 0 aliphatic carbocycles. The Morgan fingerprint density at radius 3 is 2.45 bits per heavy atom. The van der Waals surface area contributed by atoms with Crippen LogP contribution in [-0.4, -0.2) is 30.6 Å². The lowest BCUT2D eigenvalue weighted by atomic mass is 10.4. The number of thiol groups is 1. The standard InChI is InChI=1S/C6H15NO2SSi/c1-11(2,4-10)3-5(7)6(8)9/h5,10H,3-4,7H2,1-2H3,(H,8,9)/t5-/m1/s1. The second-order valence-electron chi connectivity index (χ2n) is 3.47. The molecule has 0 saturated heterocycles. The van der Waals surface area contributed by atoms with Crippen LogP contribution in [0.25, 0.3) is 0 Å². The normalized spacial score (nSPS) is 14.5. The van der Waals surface area contributed by atoms with Gasteiger partial charge in [-0.2, -0.15) is 12.6 Å². The van der Waals surface area contributed by atoms with Gasteiger partial charge in [0, 0.05) is 0 Å². The Hall–Kier alpha value is -0.00312. The van der Waals surface area contributed by atoms with Crippen LogP contribution in [0.3, 0.4) is 0 Å². The van der Waals surface area contributed by atoms with Crippen molar-refractivity contribution >= 4 is 26.7 Å². The second kappa shape index (κ2) is 4.13. The minimum absolute atomic E-state index is 0.603. The first-order chi connectivity index (χ1) is 4.89. The minimum atomic E-state index is -1.44. The molecule has 0 heterocycles. The fourth-order valence-corrected chi connectivity index (χ4v) is 2.63. The van der Waals surface area contributed by atoms with E-state index in [0.29, 0.717) is 6.04 Å². The maximum Gasteiger partial charge on any atom is 0.320 e. The molecule has 0 rings (SSSR count). The minimum Gasteiger partial charge on any atom is -0.480 e. The summed E-state index contributed by atoms with van der Waals surface area (Å²) in [7, 11) is -1.44. The van der Waals surface area contributed by atoms with Crippen LogP contribution in [-0.2, 0) is 4.79 Å². The largest absolute Gasteiger partial charge is 0.480 e. The van der Waals surface area contributed by atoms with Gasteiger partial charge >= 0.3 is 5.97 Å². The van der Waals surface area contributed by atoms with Gasteiger partial charge in [-0.05, 0) is 11.4 Å². The van der Waals surface area contributed by atoms with E-state index in [4.69, 9.17) is 10.8 Å². The fraction of sp³-hybridized carbons (Fsp3) is 0.833. The van der Waals surface area contributed by atoms with Gasteiger partial charge in [-0.1, -0.05) is 13.1 Å². The Kier molecular flexibility index (Phi) is 4.13. The summed E-state index contributed by atoms with van der Waals surface area (Å²) in [6.45, 7) is 4.17. The number of nitrogens with two attached hydrogens (primary N) is 1. The molecule has 5 heteroatoms. The third kappa shape index (κ3) is 4.44. The van der Waals surface area contributed by atoms with Crippen LogP contribution in [0.4, 0.5) is 0 Å². The molecular weight excluding hydrogens is 178 g/mol. The van der Waals surface area contributed by atoms with Gasteiger partial charge in [0.25, 0.3) is 0 Å². The van der Waals surface area contributed by atoms with E-state index in [9.17, 15) is 4.79 Å². The van der Waals surface area contributed by atoms with E-state index in [1.165, 1.54) is 0 Å². The predicted octanol–water partition coefficient (Wildman–Crippen LogP) is 0.576. The molecule has 0 fully saturated rings. The van der Waals surface area contributed by atoms with Crippen molar-refractivity contribution in [3.63, 3.8) is 0 Å². The second-order valence-corrected chi connectivity index (χ2v) is 9.47. The molecular formula is C6H15NO2SSi. The van der Waals surface area contributed by atoms with Gasteiger partial charge in [-0.3, -0.25) is 4.79 Å². The monoisotopic (exact) mass is 193 g/mol. The Morgan fingerprint density at radius 1 is 1.73 bits per heavy atom. The van der Waals surface area contributed by atoms with Gasteiger partial charge < -0.3 is 10.8 Å². The van der Waals surface area contributed by atoms with Crippen LogP contribution >= 0.6 is 12.6 Å². The van der Waals surface area contributed by atoms with Gasteiger partial charge in [-0.15, -0.1) is 0 Å². The van der Waals surface area contributed by atoms with Crippen molar-refractivity contribution in [3.05, 3.63) is 0 Å². The number of carboxylic acids is 1. The van der Waals surface area contributed by atoms with E-state index in [1.54, 1.807) is 0 Å². The van der Waals surface area contributed by atoms with Gasteiger partial charge in [0.05, 0.1) is 8.07 Å². The van der Waals surface area contributed by atoms with E-state index >= 15 is 0 Å². The molecule has 0 aliphatic rings. The fourth-order valence-electron chi connectivity index (χ4n) is 0.747. The summed E-state index contributed by atoms with van der Waals surface area (Å²) < 4.78 is 0. The summed E-state index contributed by atoms with van der Waals surface area (Å²) in [5, 5.41) is 9.30. The van der Waals surface area contributed by atoms with Crippen molar-refractivity contribution in [1.29, 1.82) is 0 Å². The zero-order valence-corrected chi connectivity index (χ0v) is 8.77. The lowest BCUT2D eigenvalue weighted by molar-refractivity contribution is -0.138. The van der Waals surface area contributed by atoms with Crippen molar-refractivity contribution < 1.29 is 9.90 Å². The van der Waals surface area contributed by atoms with E-state index < -0.39 is 20.1 Å². The first kappa shape index (κ1) is 11.0. The molecule has 3 N–H and O–H groups in total. The van der Waals surface area contributed by atoms with Gasteiger partial charge in [-0.25, -0.2) is 0 Å². The molecule has 0 aromatic rings. The van der Waals surface area contributed by atoms with E-state index in [2.05, 4.69) is 25.7 Å². The molecule has 0 spiro atoms. The van der Waals surface area contributed by atoms with Crippen LogP contribution in [0.5, 0.6) is 0 Å². The molecule has 66 valence electrons. The molecule has 0 aromatic heterocycles. The van der Waals surface area contributed by atoms with E-state index in [-0.39, 0.29) is 0 Å². The number of hydrogen-bond donors (Lipinski definition) is 3. The first-order valence-electron chi connectivity index (χ1n) is 3.48. The summed E-state index contributed by atoms with van der Waals surface area (Å²) in [5.74, 6) is -0.910. The summed E-state index contributed by atoms with van der Waals surface area (Å²) in [6, 6.07) is -0.102. The van der Waals surface area contributed by atoms with Crippen LogP contribution in [0.2, 0.25) is 19.1 Å².